The van der Waals surface area contributed by atoms with E-state index in [4.69, 9.17) is 9.05 Å². The van der Waals surface area contributed by atoms with Crippen molar-refractivity contribution in [3.05, 3.63) is 0 Å². The van der Waals surface area contributed by atoms with Crippen LogP contribution in [0.15, 0.2) is 0 Å². The Bertz CT molecular complexity index is 193. The van der Waals surface area contributed by atoms with E-state index >= 15 is 0 Å². The molecule has 1 aliphatic rings. The van der Waals surface area contributed by atoms with Crippen molar-refractivity contribution in [2.24, 2.45) is 0 Å². The van der Waals surface area contributed by atoms with Crippen LogP contribution in [-0.4, -0.2) is 24.8 Å². The molecule has 0 spiro atoms. The summed E-state index contributed by atoms with van der Waals surface area (Å²) in [6.07, 6.45) is 4.19. The molecule has 1 aliphatic heterocycles. The molecule has 12 heavy (non-hydrogen) atoms. The second-order valence-electron chi connectivity index (χ2n) is 2.79. The van der Waals surface area contributed by atoms with E-state index < -0.39 is 6.54 Å². The Morgan fingerprint density at radius 2 is 2.00 bits per heavy atom. The van der Waals surface area contributed by atoms with Gasteiger partial charge in [-0.3, -0.25) is 0 Å². The van der Waals surface area contributed by atoms with E-state index in [1.807, 2.05) is 0 Å². The molecule has 1 saturated heterocycles. The molecule has 0 unspecified atom stereocenters. The van der Waals surface area contributed by atoms with Crippen molar-refractivity contribution in [2.75, 3.05) is 19.5 Å². The Labute approximate surface area is 78.9 Å². The molecular formula is C8H17O2PS. The highest BCUT2D eigenvalue weighted by Gasteiger charge is 2.24. The summed E-state index contributed by atoms with van der Waals surface area (Å²) in [7, 11) is 0. The zero-order valence-corrected chi connectivity index (χ0v) is 9.71. The summed E-state index contributed by atoms with van der Waals surface area (Å²) in [5.74, 6) is 0. The van der Waals surface area contributed by atoms with E-state index in [9.17, 15) is 0 Å². The fourth-order valence-electron chi connectivity index (χ4n) is 1.14. The van der Waals surface area contributed by atoms with Gasteiger partial charge in [0.25, 0.3) is 0 Å². The minimum absolute atomic E-state index is 0.867. The van der Waals surface area contributed by atoms with Crippen molar-refractivity contribution in [1.82, 2.24) is 0 Å². The molecule has 0 aromatic heterocycles. The van der Waals surface area contributed by atoms with Gasteiger partial charge in [0.2, 0.25) is 0 Å². The number of hydrogen-bond acceptors (Lipinski definition) is 3. The summed E-state index contributed by atoms with van der Waals surface area (Å²) in [6.45, 7) is 4.41. The predicted molar refractivity (Wildman–Crippen MR) is 57.9 cm³/mol. The summed E-state index contributed by atoms with van der Waals surface area (Å²) in [4.78, 5) is 0. The summed E-state index contributed by atoms with van der Waals surface area (Å²) in [5, 5.41) is 1.38. The lowest BCUT2D eigenvalue weighted by atomic mass is 10.4. The normalized spacial score (nSPS) is 22.2. The van der Waals surface area contributed by atoms with Crippen molar-refractivity contribution >= 4 is 23.2 Å². The molecule has 0 bridgehead atoms. The van der Waals surface area contributed by atoms with Crippen LogP contribution >= 0.6 is 17.9 Å². The van der Waals surface area contributed by atoms with Crippen molar-refractivity contribution in [1.29, 1.82) is 0 Å². The average Bonchev–Trinajstić information content (AvgIpc) is 2.17. The van der Waals surface area contributed by atoms with Gasteiger partial charge in [-0.15, -0.1) is 0 Å². The first-order valence-corrected chi connectivity index (χ1v) is 7.77. The van der Waals surface area contributed by atoms with Gasteiger partial charge in [-0.25, -0.2) is 0 Å². The highest BCUT2D eigenvalue weighted by molar-refractivity contribution is 8.58. The van der Waals surface area contributed by atoms with Crippen LogP contribution in [0.4, 0.5) is 0 Å². The third-order valence-corrected chi connectivity index (χ3v) is 7.82. The van der Waals surface area contributed by atoms with Crippen molar-refractivity contribution < 1.29 is 9.05 Å². The van der Waals surface area contributed by atoms with E-state index in [0.29, 0.717) is 0 Å². The van der Waals surface area contributed by atoms with Crippen molar-refractivity contribution in [3.63, 3.8) is 0 Å². The summed E-state index contributed by atoms with van der Waals surface area (Å²) < 4.78 is 11.6. The molecule has 4 heteroatoms. The Hall–Kier alpha value is 0.570. The monoisotopic (exact) mass is 208 g/mol. The van der Waals surface area contributed by atoms with E-state index in [2.05, 4.69) is 20.1 Å². The van der Waals surface area contributed by atoms with E-state index in [1.165, 1.54) is 5.29 Å². The van der Waals surface area contributed by atoms with Gasteiger partial charge in [-0.05, 0) is 31.3 Å². The maximum atomic E-state index is 5.78. The van der Waals surface area contributed by atoms with Gasteiger partial charge in [-0.1, -0.05) is 18.3 Å². The molecule has 0 amide bonds. The molecule has 1 heterocycles. The molecule has 0 saturated carbocycles. The first-order chi connectivity index (χ1) is 5.75. The molecule has 0 aromatic carbocycles. The minimum atomic E-state index is -1.63. The van der Waals surface area contributed by atoms with Crippen LogP contribution in [0.25, 0.3) is 0 Å². The van der Waals surface area contributed by atoms with Crippen molar-refractivity contribution in [3.8, 4) is 0 Å². The molecule has 0 radical (unpaired) electrons. The zero-order valence-electron chi connectivity index (χ0n) is 8.00. The molecule has 0 N–H and O–H groups in total. The Morgan fingerprint density at radius 3 is 2.42 bits per heavy atom. The maximum Gasteiger partial charge on any atom is 0.180 e. The highest BCUT2D eigenvalue weighted by atomic mass is 32.7. The second-order valence-corrected chi connectivity index (χ2v) is 7.97. The summed E-state index contributed by atoms with van der Waals surface area (Å²) >= 11 is 1.76. The lowest BCUT2D eigenvalue weighted by Gasteiger charge is -2.30. The zero-order chi connectivity index (χ0) is 9.03. The third-order valence-electron chi connectivity index (χ3n) is 2.03. The molecule has 1 rings (SSSR count). The Kier molecular flexibility index (Phi) is 4.18. The van der Waals surface area contributed by atoms with Gasteiger partial charge in [0.05, 0.1) is 13.2 Å². The predicted octanol–water partition coefficient (Wildman–Crippen LogP) is 3.15. The van der Waals surface area contributed by atoms with Crippen LogP contribution in [-0.2, 0) is 9.05 Å². The topological polar surface area (TPSA) is 18.5 Å². The average molecular weight is 208 g/mol. The molecular weight excluding hydrogens is 191 g/mol. The summed E-state index contributed by atoms with van der Waals surface area (Å²) in [5.41, 5.74) is 0. The molecule has 0 atom stereocenters. The minimum Gasteiger partial charge on any atom is -0.330 e. The van der Waals surface area contributed by atoms with Crippen LogP contribution in [0.2, 0.25) is 0 Å². The quantitative estimate of drug-likeness (QED) is 0.649. The standard InChI is InChI=1S/C8H17O2PS/c1-4-8(2)11(12-3)9-6-5-7-10-11/h4-7H2,1-3H3. The fraction of sp³-hybridized carbons (Fsp3) is 0.875. The lowest BCUT2D eigenvalue weighted by Crippen LogP contribution is -2.10. The molecule has 1 fully saturated rings. The number of hydrogen-bond donors (Lipinski definition) is 0. The Balaban J connectivity index is 2.86. The van der Waals surface area contributed by atoms with Gasteiger partial charge in [-0.2, -0.15) is 0 Å². The van der Waals surface area contributed by atoms with Crippen LogP contribution in [0.3, 0.4) is 0 Å². The van der Waals surface area contributed by atoms with Gasteiger partial charge >= 0.3 is 0 Å². The first kappa shape index (κ1) is 10.6. The molecule has 2 nitrogen and oxygen atoms in total. The smallest absolute Gasteiger partial charge is 0.180 e. The van der Waals surface area contributed by atoms with Crippen LogP contribution in [0.5, 0.6) is 0 Å². The van der Waals surface area contributed by atoms with E-state index in [-0.39, 0.29) is 0 Å². The van der Waals surface area contributed by atoms with Gasteiger partial charge in [0.1, 0.15) is 0 Å². The van der Waals surface area contributed by atoms with Crippen molar-refractivity contribution in [2.45, 2.75) is 26.7 Å². The molecule has 72 valence electrons. The largest absolute Gasteiger partial charge is 0.330 e. The van der Waals surface area contributed by atoms with Gasteiger partial charge in [0, 0.05) is 0 Å². The first-order valence-electron chi connectivity index (χ1n) is 4.32. The highest BCUT2D eigenvalue weighted by Crippen LogP contribution is 2.63. The second kappa shape index (κ2) is 4.71. The van der Waals surface area contributed by atoms with Crippen LogP contribution in [0, 0.1) is 0 Å². The number of rotatable bonds is 2. The van der Waals surface area contributed by atoms with E-state index in [0.717, 1.165) is 26.1 Å². The Morgan fingerprint density at radius 1 is 1.42 bits per heavy atom. The van der Waals surface area contributed by atoms with Crippen LogP contribution < -0.4 is 0 Å². The molecule has 0 aromatic rings. The van der Waals surface area contributed by atoms with Gasteiger partial charge in [0.15, 0.2) is 6.54 Å². The van der Waals surface area contributed by atoms with Crippen LogP contribution in [0.1, 0.15) is 26.7 Å². The molecule has 0 aliphatic carbocycles. The lowest BCUT2D eigenvalue weighted by molar-refractivity contribution is 0.189. The third kappa shape index (κ3) is 2.08. The maximum absolute atomic E-state index is 5.78. The van der Waals surface area contributed by atoms with Gasteiger partial charge < -0.3 is 9.05 Å². The summed E-state index contributed by atoms with van der Waals surface area (Å²) in [6, 6.07) is 0. The fourth-order valence-corrected chi connectivity index (χ4v) is 5.71. The van der Waals surface area contributed by atoms with E-state index in [1.54, 1.807) is 11.4 Å². The SMILES string of the molecule is CCC(C)=P1(SC)OCCCO1.